The Morgan fingerprint density at radius 1 is 0.852 bits per heavy atom. The maximum Gasteiger partial charge on any atom is 0.314 e. The second kappa shape index (κ2) is 21.3. The third kappa shape index (κ3) is 21.2. The average molecular weight is 405 g/mol. The van der Waals surface area contributed by atoms with Crippen molar-refractivity contribution < 1.29 is 13.3 Å². The number of nitrogens with one attached hydrogen (secondary N) is 3. The number of carbonyl (C=O) groups excluding carboxylic acids is 1. The van der Waals surface area contributed by atoms with Crippen molar-refractivity contribution in [2.24, 2.45) is 5.90 Å². The highest BCUT2D eigenvalue weighted by Crippen LogP contribution is 2.06. The minimum Gasteiger partial charge on any atom is -0.338 e. The highest BCUT2D eigenvalue weighted by molar-refractivity contribution is 7.78. The van der Waals surface area contributed by atoms with Crippen LogP contribution >= 0.6 is 0 Å². The Bertz CT molecular complexity index is 395. The first-order valence-electron chi connectivity index (χ1n) is 10.4. The quantitative estimate of drug-likeness (QED) is 0.150. The summed E-state index contributed by atoms with van der Waals surface area (Å²) in [6.07, 6.45) is 17.9. The fourth-order valence-electron chi connectivity index (χ4n) is 2.57. The number of amides is 2. The molecule has 0 aromatic rings. The van der Waals surface area contributed by atoms with E-state index in [9.17, 15) is 9.00 Å². The van der Waals surface area contributed by atoms with Crippen molar-refractivity contribution in [1.29, 1.82) is 0 Å². The number of rotatable bonds is 19. The van der Waals surface area contributed by atoms with Crippen molar-refractivity contribution in [2.45, 2.75) is 84.0 Å². The lowest BCUT2D eigenvalue weighted by atomic mass is 10.1. The van der Waals surface area contributed by atoms with Crippen molar-refractivity contribution in [3.8, 4) is 0 Å². The van der Waals surface area contributed by atoms with Gasteiger partial charge in [0.2, 0.25) is 0 Å². The summed E-state index contributed by atoms with van der Waals surface area (Å²) in [7, 11) is 0. The molecule has 0 bridgehead atoms. The van der Waals surface area contributed by atoms with E-state index in [1.165, 1.54) is 32.1 Å². The zero-order chi connectivity index (χ0) is 20.0. The van der Waals surface area contributed by atoms with E-state index in [0.717, 1.165) is 58.0 Å². The standard InChI is InChI=1S/C19H40N4O3S/c1-2-3-13-16-21-19(24)22-17-14-11-9-7-5-4-6-8-10-12-15-18-23-27(25)26-20/h5,7,23H,2-4,6,8-18,20H2,1H3,(H2,21,22,24)/b7-5-. The van der Waals surface area contributed by atoms with Crippen LogP contribution in [-0.4, -0.2) is 29.9 Å². The molecule has 160 valence electrons. The highest BCUT2D eigenvalue weighted by atomic mass is 32.2. The summed E-state index contributed by atoms with van der Waals surface area (Å²) in [5, 5.41) is 5.78. The molecule has 27 heavy (non-hydrogen) atoms. The van der Waals surface area contributed by atoms with E-state index in [1.54, 1.807) is 0 Å². The van der Waals surface area contributed by atoms with Crippen LogP contribution in [0, 0.1) is 0 Å². The van der Waals surface area contributed by atoms with Gasteiger partial charge < -0.3 is 10.6 Å². The molecular weight excluding hydrogens is 364 g/mol. The molecule has 2 amide bonds. The van der Waals surface area contributed by atoms with Crippen LogP contribution in [-0.2, 0) is 15.6 Å². The molecule has 0 aliphatic carbocycles. The summed E-state index contributed by atoms with van der Waals surface area (Å²) < 4.78 is 17.6. The van der Waals surface area contributed by atoms with E-state index in [4.69, 9.17) is 5.90 Å². The molecule has 0 aliphatic heterocycles. The summed E-state index contributed by atoms with van der Waals surface area (Å²) in [6, 6.07) is -0.0431. The molecule has 1 atom stereocenters. The summed E-state index contributed by atoms with van der Waals surface area (Å²) in [5.41, 5.74) is 0. The summed E-state index contributed by atoms with van der Waals surface area (Å²) >= 11 is -1.55. The van der Waals surface area contributed by atoms with E-state index < -0.39 is 11.3 Å². The van der Waals surface area contributed by atoms with Crippen LogP contribution < -0.4 is 21.3 Å². The Balaban J connectivity index is 3.23. The van der Waals surface area contributed by atoms with Gasteiger partial charge in [-0.3, -0.25) is 0 Å². The van der Waals surface area contributed by atoms with Gasteiger partial charge in [-0.05, 0) is 44.9 Å². The van der Waals surface area contributed by atoms with Gasteiger partial charge in [0.25, 0.3) is 11.3 Å². The smallest absolute Gasteiger partial charge is 0.314 e. The first-order valence-corrected chi connectivity index (χ1v) is 11.5. The lowest BCUT2D eigenvalue weighted by Crippen LogP contribution is -2.36. The van der Waals surface area contributed by atoms with Gasteiger partial charge in [0.1, 0.15) is 0 Å². The van der Waals surface area contributed by atoms with E-state index >= 15 is 0 Å². The van der Waals surface area contributed by atoms with Gasteiger partial charge in [0, 0.05) is 19.6 Å². The molecule has 0 aliphatic rings. The minimum absolute atomic E-state index is 0.0431. The molecule has 0 aromatic heterocycles. The summed E-state index contributed by atoms with van der Waals surface area (Å²) in [5.74, 6) is 4.77. The van der Waals surface area contributed by atoms with Gasteiger partial charge in [-0.15, -0.1) is 0 Å². The molecule has 0 rings (SSSR count). The first kappa shape index (κ1) is 26.0. The minimum atomic E-state index is -1.55. The van der Waals surface area contributed by atoms with Crippen LogP contribution in [0.1, 0.15) is 84.0 Å². The molecule has 0 saturated heterocycles. The van der Waals surface area contributed by atoms with E-state index in [0.29, 0.717) is 6.54 Å². The Labute approximate surface area is 168 Å². The molecule has 0 spiro atoms. The maximum atomic E-state index is 11.5. The Kier molecular flexibility index (Phi) is 20.6. The first-order chi connectivity index (χ1) is 13.2. The van der Waals surface area contributed by atoms with Crippen LogP contribution in [0.25, 0.3) is 0 Å². The zero-order valence-corrected chi connectivity index (χ0v) is 17.8. The van der Waals surface area contributed by atoms with Gasteiger partial charge in [0.15, 0.2) is 0 Å². The fraction of sp³-hybridized carbons (Fsp3) is 0.842. The Hall–Kier alpha value is -0.960. The monoisotopic (exact) mass is 404 g/mol. The Morgan fingerprint density at radius 2 is 1.37 bits per heavy atom. The molecule has 5 N–H and O–H groups in total. The Morgan fingerprint density at radius 3 is 2.00 bits per heavy atom. The highest BCUT2D eigenvalue weighted by Gasteiger charge is 1.98. The van der Waals surface area contributed by atoms with Crippen LogP contribution in [0.3, 0.4) is 0 Å². The topological polar surface area (TPSA) is 105 Å². The number of nitrogens with two attached hydrogens (primary N) is 1. The van der Waals surface area contributed by atoms with Gasteiger partial charge >= 0.3 is 6.03 Å². The molecule has 8 heteroatoms. The van der Waals surface area contributed by atoms with E-state index in [2.05, 4.69) is 38.7 Å². The van der Waals surface area contributed by atoms with E-state index in [1.807, 2.05) is 0 Å². The third-order valence-corrected chi connectivity index (χ3v) is 4.79. The maximum absolute atomic E-state index is 11.5. The predicted molar refractivity (Wildman–Crippen MR) is 113 cm³/mol. The molecule has 7 nitrogen and oxygen atoms in total. The molecular formula is C19H40N4O3S. The van der Waals surface area contributed by atoms with Gasteiger partial charge in [-0.25, -0.2) is 13.7 Å². The van der Waals surface area contributed by atoms with Crippen molar-refractivity contribution >= 4 is 17.3 Å². The number of urea groups is 1. The van der Waals surface area contributed by atoms with E-state index in [-0.39, 0.29) is 6.03 Å². The number of unbranched alkanes of at least 4 members (excludes halogenated alkanes) is 9. The van der Waals surface area contributed by atoms with Crippen LogP contribution in [0.2, 0.25) is 0 Å². The SMILES string of the molecule is CCCCCNC(=O)NCCCC/C=C\CCCCCCCNS(=O)ON. The summed E-state index contributed by atoms with van der Waals surface area (Å²) in [4.78, 5) is 11.5. The van der Waals surface area contributed by atoms with Crippen LogP contribution in [0.5, 0.6) is 0 Å². The molecule has 0 heterocycles. The zero-order valence-electron chi connectivity index (χ0n) is 17.0. The van der Waals surface area contributed by atoms with Gasteiger partial charge in [0.05, 0.1) is 0 Å². The molecule has 0 radical (unpaired) electrons. The van der Waals surface area contributed by atoms with Crippen LogP contribution in [0.15, 0.2) is 12.2 Å². The van der Waals surface area contributed by atoms with Crippen molar-refractivity contribution in [2.75, 3.05) is 19.6 Å². The van der Waals surface area contributed by atoms with Gasteiger partial charge in [-0.2, -0.15) is 10.2 Å². The summed E-state index contributed by atoms with van der Waals surface area (Å²) in [6.45, 7) is 4.33. The van der Waals surface area contributed by atoms with Crippen molar-refractivity contribution in [3.05, 3.63) is 12.2 Å². The lowest BCUT2D eigenvalue weighted by Gasteiger charge is -2.06. The average Bonchev–Trinajstić information content (AvgIpc) is 2.68. The second-order valence-corrected chi connectivity index (χ2v) is 7.59. The molecule has 0 saturated carbocycles. The van der Waals surface area contributed by atoms with Crippen molar-refractivity contribution in [1.82, 2.24) is 15.4 Å². The lowest BCUT2D eigenvalue weighted by molar-refractivity contribution is 0.240. The largest absolute Gasteiger partial charge is 0.338 e. The molecule has 1 unspecified atom stereocenters. The number of hydrogen-bond donors (Lipinski definition) is 4. The predicted octanol–water partition coefficient (Wildman–Crippen LogP) is 3.60. The third-order valence-electron chi connectivity index (χ3n) is 4.17. The number of hydrogen-bond acceptors (Lipinski definition) is 4. The van der Waals surface area contributed by atoms with Gasteiger partial charge in [-0.1, -0.05) is 51.2 Å². The molecule has 0 fully saturated rings. The van der Waals surface area contributed by atoms with Crippen LogP contribution in [0.4, 0.5) is 4.79 Å². The fourth-order valence-corrected chi connectivity index (χ4v) is 2.95. The normalized spacial score (nSPS) is 12.4. The number of allylic oxidation sites excluding steroid dienone is 2. The molecule has 0 aromatic carbocycles. The number of carbonyl (C=O) groups is 1. The second-order valence-electron chi connectivity index (χ2n) is 6.64. The van der Waals surface area contributed by atoms with Crippen molar-refractivity contribution in [3.63, 3.8) is 0 Å².